The number of carbonyl (C=O) groups is 1. The number of aromatic nitrogens is 2. The molecular formula is C19H15ClN4O3S3. The molecule has 0 saturated heterocycles. The van der Waals surface area contributed by atoms with Crippen LogP contribution in [0.5, 0.6) is 0 Å². The first kappa shape index (κ1) is 20.7. The number of fused-ring (bicyclic) bond motifs is 1. The minimum atomic E-state index is -3.84. The Kier molecular flexibility index (Phi) is 5.49. The Morgan fingerprint density at radius 2 is 1.73 bits per heavy atom. The summed E-state index contributed by atoms with van der Waals surface area (Å²) in [5, 5.41) is 3.78. The molecule has 30 heavy (non-hydrogen) atoms. The molecule has 2 aromatic heterocycles. The van der Waals surface area contributed by atoms with Crippen LogP contribution in [-0.4, -0.2) is 24.3 Å². The highest BCUT2D eigenvalue weighted by molar-refractivity contribution is 7.93. The lowest BCUT2D eigenvalue weighted by molar-refractivity contribution is 0.103. The van der Waals surface area contributed by atoms with E-state index in [1.54, 1.807) is 6.92 Å². The number of amides is 1. The molecule has 0 spiro atoms. The Morgan fingerprint density at radius 3 is 2.47 bits per heavy atom. The van der Waals surface area contributed by atoms with E-state index in [0.29, 0.717) is 20.7 Å². The van der Waals surface area contributed by atoms with Gasteiger partial charge in [-0.3, -0.25) is 14.8 Å². The van der Waals surface area contributed by atoms with Crippen LogP contribution in [0.3, 0.4) is 0 Å². The van der Waals surface area contributed by atoms with Crippen molar-refractivity contribution in [3.05, 3.63) is 63.6 Å². The summed E-state index contributed by atoms with van der Waals surface area (Å²) in [6.07, 6.45) is 0. The van der Waals surface area contributed by atoms with E-state index in [-0.39, 0.29) is 10.0 Å². The molecule has 2 N–H and O–H groups in total. The summed E-state index contributed by atoms with van der Waals surface area (Å²) in [7, 11) is -3.84. The largest absolute Gasteiger partial charge is 0.297 e. The Morgan fingerprint density at radius 1 is 1.00 bits per heavy atom. The van der Waals surface area contributed by atoms with E-state index in [9.17, 15) is 13.2 Å². The average Bonchev–Trinajstić information content (AvgIpc) is 3.23. The van der Waals surface area contributed by atoms with Gasteiger partial charge in [0.2, 0.25) is 0 Å². The molecule has 0 atom stereocenters. The number of rotatable bonds is 5. The van der Waals surface area contributed by atoms with Crippen molar-refractivity contribution in [1.82, 2.24) is 9.97 Å². The number of benzene rings is 2. The van der Waals surface area contributed by atoms with Crippen molar-refractivity contribution in [2.24, 2.45) is 0 Å². The summed E-state index contributed by atoms with van der Waals surface area (Å²) in [4.78, 5) is 21.6. The van der Waals surface area contributed by atoms with Gasteiger partial charge in [0.1, 0.15) is 4.88 Å². The monoisotopic (exact) mass is 478 g/mol. The van der Waals surface area contributed by atoms with E-state index in [1.807, 2.05) is 25.1 Å². The van der Waals surface area contributed by atoms with E-state index in [4.69, 9.17) is 11.6 Å². The second kappa shape index (κ2) is 7.95. The number of anilines is 2. The van der Waals surface area contributed by atoms with Crippen LogP contribution in [0.2, 0.25) is 5.02 Å². The second-order valence-electron chi connectivity index (χ2n) is 6.44. The van der Waals surface area contributed by atoms with Gasteiger partial charge in [0, 0.05) is 5.02 Å². The topological polar surface area (TPSA) is 101 Å². The molecule has 1 amide bonds. The number of thiazole rings is 2. The molecule has 0 unspecified atom stereocenters. The lowest BCUT2D eigenvalue weighted by Crippen LogP contribution is -2.12. The van der Waals surface area contributed by atoms with E-state index in [1.165, 1.54) is 35.6 Å². The molecule has 11 heteroatoms. The van der Waals surface area contributed by atoms with Gasteiger partial charge in [0.05, 0.1) is 20.8 Å². The summed E-state index contributed by atoms with van der Waals surface area (Å²) in [6, 6.07) is 11.6. The zero-order valence-corrected chi connectivity index (χ0v) is 19.0. The van der Waals surface area contributed by atoms with E-state index in [2.05, 4.69) is 20.0 Å². The average molecular weight is 479 g/mol. The molecule has 4 aromatic rings. The molecule has 2 heterocycles. The smallest absolute Gasteiger partial charge is 0.269 e. The quantitative estimate of drug-likeness (QED) is 0.416. The van der Waals surface area contributed by atoms with Crippen molar-refractivity contribution in [3.63, 3.8) is 0 Å². The second-order valence-corrected chi connectivity index (χ2v) is 10.6. The maximum atomic E-state index is 12.7. The standard InChI is InChI=1S/C19H15ClN4O3S3/c1-10-3-8-14-15(9-10)28-18(22-14)23-17(25)16-11(2)21-19(29-16)24-30(26,27)13-6-4-12(20)5-7-13/h3-9H,1-2H3,(H,21,24)(H,22,23,25). The Bertz CT molecular complexity index is 1360. The molecule has 154 valence electrons. The van der Waals surface area contributed by atoms with E-state index in [0.717, 1.165) is 27.1 Å². The molecule has 0 fully saturated rings. The highest BCUT2D eigenvalue weighted by Gasteiger charge is 2.21. The fourth-order valence-corrected chi connectivity index (χ4v) is 5.86. The van der Waals surface area contributed by atoms with Gasteiger partial charge in [-0.25, -0.2) is 18.4 Å². The minimum absolute atomic E-state index is 0.0514. The van der Waals surface area contributed by atoms with Gasteiger partial charge in [-0.1, -0.05) is 40.3 Å². The predicted molar refractivity (Wildman–Crippen MR) is 121 cm³/mol. The highest BCUT2D eigenvalue weighted by Crippen LogP contribution is 2.29. The van der Waals surface area contributed by atoms with Crippen molar-refractivity contribution in [2.45, 2.75) is 18.7 Å². The van der Waals surface area contributed by atoms with Crippen molar-refractivity contribution in [2.75, 3.05) is 10.0 Å². The van der Waals surface area contributed by atoms with Gasteiger partial charge >= 0.3 is 0 Å². The molecule has 2 aromatic carbocycles. The summed E-state index contributed by atoms with van der Waals surface area (Å²) < 4.78 is 28.4. The SMILES string of the molecule is Cc1ccc2nc(NC(=O)c3sc(NS(=O)(=O)c4ccc(Cl)cc4)nc3C)sc2c1. The van der Waals surface area contributed by atoms with E-state index >= 15 is 0 Å². The highest BCUT2D eigenvalue weighted by atomic mass is 35.5. The van der Waals surface area contributed by atoms with Crippen LogP contribution in [0.4, 0.5) is 10.3 Å². The first-order chi connectivity index (χ1) is 14.2. The van der Waals surface area contributed by atoms with Gasteiger partial charge in [-0.15, -0.1) is 0 Å². The Hall–Kier alpha value is -2.53. The van der Waals surface area contributed by atoms with Gasteiger partial charge < -0.3 is 0 Å². The summed E-state index contributed by atoms with van der Waals surface area (Å²) >= 11 is 8.14. The maximum absolute atomic E-state index is 12.7. The summed E-state index contributed by atoms with van der Waals surface area (Å²) in [6.45, 7) is 3.64. The van der Waals surface area contributed by atoms with Crippen molar-refractivity contribution in [1.29, 1.82) is 0 Å². The van der Waals surface area contributed by atoms with Crippen molar-refractivity contribution >= 4 is 70.7 Å². The van der Waals surface area contributed by atoms with Gasteiger partial charge in [-0.2, -0.15) is 0 Å². The number of hydrogen-bond acceptors (Lipinski definition) is 7. The lowest BCUT2D eigenvalue weighted by atomic mass is 10.2. The van der Waals surface area contributed by atoms with Gasteiger partial charge in [-0.05, 0) is 55.8 Å². The number of carbonyl (C=O) groups excluding carboxylic acids is 1. The number of sulfonamides is 1. The Balaban J connectivity index is 1.54. The number of halogens is 1. The summed E-state index contributed by atoms with van der Waals surface area (Å²) in [5.74, 6) is -0.391. The summed E-state index contributed by atoms with van der Waals surface area (Å²) in [5.41, 5.74) is 2.33. The van der Waals surface area contributed by atoms with Crippen LogP contribution in [0.15, 0.2) is 47.4 Å². The number of aryl methyl sites for hydroxylation is 2. The van der Waals surface area contributed by atoms with Crippen LogP contribution in [0, 0.1) is 13.8 Å². The van der Waals surface area contributed by atoms with Crippen molar-refractivity contribution in [3.8, 4) is 0 Å². The molecule has 0 aliphatic heterocycles. The van der Waals surface area contributed by atoms with E-state index < -0.39 is 15.9 Å². The number of nitrogens with zero attached hydrogens (tertiary/aromatic N) is 2. The molecule has 7 nitrogen and oxygen atoms in total. The number of nitrogens with one attached hydrogen (secondary N) is 2. The minimum Gasteiger partial charge on any atom is -0.297 e. The third-order valence-corrected chi connectivity index (χ3v) is 7.85. The lowest BCUT2D eigenvalue weighted by Gasteiger charge is -2.04. The fraction of sp³-hybridized carbons (Fsp3) is 0.105. The molecular weight excluding hydrogens is 464 g/mol. The van der Waals surface area contributed by atoms with Crippen LogP contribution in [0.1, 0.15) is 20.9 Å². The maximum Gasteiger partial charge on any atom is 0.269 e. The van der Waals surface area contributed by atoms with Crippen LogP contribution in [0.25, 0.3) is 10.2 Å². The molecule has 0 aliphatic carbocycles. The number of hydrogen-bond donors (Lipinski definition) is 2. The molecule has 0 bridgehead atoms. The van der Waals surface area contributed by atoms with Crippen molar-refractivity contribution < 1.29 is 13.2 Å². The zero-order valence-electron chi connectivity index (χ0n) is 15.8. The predicted octanol–water partition coefficient (Wildman–Crippen LogP) is 5.08. The first-order valence-corrected chi connectivity index (χ1v) is 12.1. The first-order valence-electron chi connectivity index (χ1n) is 8.66. The third-order valence-electron chi connectivity index (χ3n) is 4.11. The molecule has 0 saturated carbocycles. The van der Waals surface area contributed by atoms with Crippen LogP contribution >= 0.6 is 34.3 Å². The van der Waals surface area contributed by atoms with Gasteiger partial charge in [0.15, 0.2) is 10.3 Å². The normalized spacial score (nSPS) is 11.6. The Labute approximate surface area is 185 Å². The molecule has 0 radical (unpaired) electrons. The molecule has 0 aliphatic rings. The van der Waals surface area contributed by atoms with Crippen LogP contribution in [-0.2, 0) is 10.0 Å². The zero-order chi connectivity index (χ0) is 21.5. The van der Waals surface area contributed by atoms with Crippen LogP contribution < -0.4 is 10.0 Å². The fourth-order valence-electron chi connectivity index (χ4n) is 2.68. The van der Waals surface area contributed by atoms with Gasteiger partial charge in [0.25, 0.3) is 15.9 Å². The molecule has 4 rings (SSSR count). The third kappa shape index (κ3) is 4.31.